The van der Waals surface area contributed by atoms with E-state index < -0.39 is 29.4 Å². The second kappa shape index (κ2) is 13.7. The molecule has 5 rings (SSSR count). The Hall–Kier alpha value is -4.17. The van der Waals surface area contributed by atoms with Gasteiger partial charge in [-0.1, -0.05) is 49.4 Å². The summed E-state index contributed by atoms with van der Waals surface area (Å²) in [5, 5.41) is 27.2. The van der Waals surface area contributed by atoms with Crippen molar-refractivity contribution in [3.63, 3.8) is 0 Å². The number of hydrogen-bond acceptors (Lipinski definition) is 6. The summed E-state index contributed by atoms with van der Waals surface area (Å²) < 4.78 is 44.0. The normalized spacial score (nSPS) is 16.5. The minimum Gasteiger partial charge on any atom is -0.493 e. The lowest BCUT2D eigenvalue weighted by atomic mass is 9.91. The van der Waals surface area contributed by atoms with Gasteiger partial charge in [-0.15, -0.1) is 0 Å². The number of aliphatic carboxylic acids is 1. The zero-order valence-corrected chi connectivity index (χ0v) is 26.4. The van der Waals surface area contributed by atoms with E-state index in [-0.39, 0.29) is 11.7 Å². The average molecular weight is 652 g/mol. The Morgan fingerprint density at radius 1 is 1.11 bits per heavy atom. The number of aliphatic hydroxyl groups is 1. The van der Waals surface area contributed by atoms with E-state index in [0.29, 0.717) is 72.4 Å². The van der Waals surface area contributed by atoms with Gasteiger partial charge in [-0.05, 0) is 66.3 Å². The molecule has 11 heteroatoms. The van der Waals surface area contributed by atoms with Crippen molar-refractivity contribution < 1.29 is 33.3 Å². The molecule has 0 saturated carbocycles. The number of carboxylic acids is 1. The largest absolute Gasteiger partial charge is 0.493 e. The number of benzene rings is 3. The molecule has 1 aromatic heterocycles. The van der Waals surface area contributed by atoms with Gasteiger partial charge in [0.05, 0.1) is 30.2 Å². The third-order valence-electron chi connectivity index (χ3n) is 8.70. The van der Waals surface area contributed by atoms with Gasteiger partial charge in [0.25, 0.3) is 0 Å². The number of hydrogen-bond donors (Lipinski definition) is 2. The number of alkyl halides is 3. The summed E-state index contributed by atoms with van der Waals surface area (Å²) in [5.41, 5.74) is -0.307. The quantitative estimate of drug-likeness (QED) is 0.164. The van der Waals surface area contributed by atoms with Gasteiger partial charge in [0.1, 0.15) is 6.10 Å². The number of fused-ring (bicyclic) bond motifs is 1. The Kier molecular flexibility index (Phi) is 9.87. The van der Waals surface area contributed by atoms with E-state index in [9.17, 15) is 20.3 Å². The number of carbonyl (C=O) groups is 1. The molecule has 1 aliphatic rings. The van der Waals surface area contributed by atoms with Gasteiger partial charge >= 0.3 is 11.4 Å². The topological polar surface area (TPSA) is 108 Å². The molecule has 0 amide bonds. The number of aromatic nitrogens is 1. The van der Waals surface area contributed by atoms with Crippen molar-refractivity contribution >= 4 is 28.5 Å². The van der Waals surface area contributed by atoms with Gasteiger partial charge < -0.3 is 24.3 Å². The number of carboxylic acid groups (broad SMARTS) is 1. The van der Waals surface area contributed by atoms with Crippen LogP contribution in [0.4, 0.5) is 8.78 Å². The second-order valence-electron chi connectivity index (χ2n) is 11.7. The number of β-amino-alcohol motifs (C(OH)–C–C–N with tert-alkyl or cyclic N) is 1. The molecule has 1 fully saturated rings. The minimum atomic E-state index is -4.01. The van der Waals surface area contributed by atoms with Crippen LogP contribution in [0.2, 0.25) is 0 Å². The third-order valence-corrected chi connectivity index (χ3v) is 9.01. The van der Waals surface area contributed by atoms with Crippen molar-refractivity contribution in [3.8, 4) is 17.6 Å². The van der Waals surface area contributed by atoms with Gasteiger partial charge in [0.15, 0.2) is 17.1 Å². The summed E-state index contributed by atoms with van der Waals surface area (Å²) in [6.07, 6.45) is 2.67. The van der Waals surface area contributed by atoms with Crippen LogP contribution in [0.1, 0.15) is 54.4 Å². The molecule has 1 aliphatic heterocycles. The first-order valence-electron chi connectivity index (χ1n) is 15.1. The number of piperidine rings is 1. The van der Waals surface area contributed by atoms with Crippen LogP contribution < -0.4 is 9.47 Å². The van der Waals surface area contributed by atoms with Crippen LogP contribution >= 0.6 is 11.6 Å². The molecule has 2 N–H and O–H groups in total. The lowest BCUT2D eigenvalue weighted by Gasteiger charge is -2.39. The monoisotopic (exact) mass is 651 g/mol. The number of ether oxygens (including phenoxy) is 2. The number of nitriles is 1. The highest BCUT2D eigenvalue weighted by atomic mass is 35.5. The minimum absolute atomic E-state index is 0.0159. The van der Waals surface area contributed by atoms with Crippen molar-refractivity contribution in [1.82, 2.24) is 9.47 Å². The Balaban J connectivity index is 1.36. The SMILES string of the molecule is CCC(C(=O)O)c1ccc(OC2CCN(CC(O)(c3cn(Cc4ccccc4)c4cc(C#N)ccc34)C(F)(F)Cl)CC2)c(OC)c1. The third kappa shape index (κ3) is 6.82. The molecule has 0 bridgehead atoms. The molecule has 1 saturated heterocycles. The van der Waals surface area contributed by atoms with Gasteiger partial charge in [-0.2, -0.15) is 14.0 Å². The predicted molar refractivity (Wildman–Crippen MR) is 171 cm³/mol. The highest BCUT2D eigenvalue weighted by Crippen LogP contribution is 2.45. The molecule has 4 aromatic rings. The maximum absolute atomic E-state index is 15.3. The van der Waals surface area contributed by atoms with Crippen molar-refractivity contribution in [1.29, 1.82) is 5.26 Å². The molecule has 0 radical (unpaired) electrons. The Morgan fingerprint density at radius 3 is 2.43 bits per heavy atom. The molecule has 3 aromatic carbocycles. The summed E-state index contributed by atoms with van der Waals surface area (Å²) in [7, 11) is 1.49. The molecule has 46 heavy (non-hydrogen) atoms. The molecule has 2 heterocycles. The number of likely N-dealkylation sites (tertiary alicyclic amines) is 1. The predicted octanol–water partition coefficient (Wildman–Crippen LogP) is 6.71. The fourth-order valence-electron chi connectivity index (χ4n) is 6.17. The van der Waals surface area contributed by atoms with Gasteiger partial charge in [-0.25, -0.2) is 0 Å². The van der Waals surface area contributed by atoms with Crippen LogP contribution in [0, 0.1) is 11.3 Å². The van der Waals surface area contributed by atoms with Gasteiger partial charge in [0, 0.05) is 43.3 Å². The van der Waals surface area contributed by atoms with E-state index in [4.69, 9.17) is 21.1 Å². The van der Waals surface area contributed by atoms with Crippen LogP contribution in [0.25, 0.3) is 10.9 Å². The second-order valence-corrected chi connectivity index (χ2v) is 12.1. The van der Waals surface area contributed by atoms with E-state index in [0.717, 1.165) is 5.56 Å². The molecule has 0 spiro atoms. The first-order valence-corrected chi connectivity index (χ1v) is 15.5. The van der Waals surface area contributed by atoms with Crippen LogP contribution in [-0.2, 0) is 16.9 Å². The molecule has 2 atom stereocenters. The van der Waals surface area contributed by atoms with E-state index in [1.54, 1.807) is 52.8 Å². The van der Waals surface area contributed by atoms with Crippen molar-refractivity contribution in [2.24, 2.45) is 0 Å². The fourth-order valence-corrected chi connectivity index (χ4v) is 6.33. The molecular weight excluding hydrogens is 616 g/mol. The van der Waals surface area contributed by atoms with Crippen molar-refractivity contribution in [3.05, 3.63) is 95.2 Å². The summed E-state index contributed by atoms with van der Waals surface area (Å²) in [4.78, 5) is 13.4. The molecule has 242 valence electrons. The summed E-state index contributed by atoms with van der Waals surface area (Å²) >= 11 is 5.71. The average Bonchev–Trinajstić information content (AvgIpc) is 3.40. The number of rotatable bonds is 12. The Morgan fingerprint density at radius 2 is 1.83 bits per heavy atom. The lowest BCUT2D eigenvalue weighted by molar-refractivity contribution is -0.147. The first kappa shape index (κ1) is 33.2. The Bertz CT molecular complexity index is 1730. The van der Waals surface area contributed by atoms with Crippen LogP contribution in [0.15, 0.2) is 72.9 Å². The van der Waals surface area contributed by atoms with Crippen LogP contribution in [-0.4, -0.2) is 63.9 Å². The highest BCUT2D eigenvalue weighted by Gasteiger charge is 2.55. The van der Waals surface area contributed by atoms with Crippen LogP contribution in [0.3, 0.4) is 0 Å². The molecule has 2 unspecified atom stereocenters. The zero-order valence-electron chi connectivity index (χ0n) is 25.6. The van der Waals surface area contributed by atoms with Crippen molar-refractivity contribution in [2.45, 2.75) is 55.7 Å². The standard InChI is InChI=1S/C35H36ClF2N3O5/c1-3-27(33(42)43)25-10-12-31(32(18-25)45-2)46-26-13-15-40(16-14-26)22-34(44,35(36,37)38)29-21-41(20-23-7-5-4-6-8-23)30-17-24(19-39)9-11-28(29)30/h4-12,17-18,21,26-27,44H,3,13-16,20,22H2,1-2H3,(H,42,43). The van der Waals surface area contributed by atoms with E-state index >= 15 is 8.78 Å². The Labute approximate surface area is 271 Å². The number of nitrogens with zero attached hydrogens (tertiary/aromatic N) is 3. The number of halogens is 3. The number of methoxy groups -OCH3 is 1. The maximum Gasteiger partial charge on any atom is 0.355 e. The van der Waals surface area contributed by atoms with Crippen molar-refractivity contribution in [2.75, 3.05) is 26.7 Å². The smallest absolute Gasteiger partial charge is 0.355 e. The summed E-state index contributed by atoms with van der Waals surface area (Å²) in [5.74, 6) is -0.689. The fraction of sp³-hybridized carbons (Fsp3) is 0.371. The van der Waals surface area contributed by atoms with E-state index in [2.05, 4.69) is 6.07 Å². The van der Waals surface area contributed by atoms with Gasteiger partial charge in [-0.3, -0.25) is 9.69 Å². The van der Waals surface area contributed by atoms with E-state index in [1.807, 2.05) is 30.3 Å². The lowest BCUT2D eigenvalue weighted by Crippen LogP contribution is -2.52. The maximum atomic E-state index is 15.3. The zero-order chi connectivity index (χ0) is 33.1. The molecule has 0 aliphatic carbocycles. The summed E-state index contributed by atoms with van der Waals surface area (Å²) in [6, 6.07) is 21.4. The van der Waals surface area contributed by atoms with Crippen LogP contribution in [0.5, 0.6) is 11.5 Å². The molecule has 8 nitrogen and oxygen atoms in total. The van der Waals surface area contributed by atoms with Gasteiger partial charge in [0.2, 0.25) is 0 Å². The first-order chi connectivity index (χ1) is 22.0. The summed E-state index contributed by atoms with van der Waals surface area (Å²) in [6.45, 7) is 2.44. The van der Waals surface area contributed by atoms with E-state index in [1.165, 1.54) is 13.3 Å². The molecular formula is C35H36ClF2N3O5. The highest BCUT2D eigenvalue weighted by molar-refractivity contribution is 6.22.